The van der Waals surface area contributed by atoms with Gasteiger partial charge in [0.25, 0.3) is 0 Å². The van der Waals surface area contributed by atoms with Crippen LogP contribution in [-0.4, -0.2) is 4.57 Å². The summed E-state index contributed by atoms with van der Waals surface area (Å²) in [5, 5.41) is 5.26. The van der Waals surface area contributed by atoms with E-state index in [4.69, 9.17) is 0 Å². The van der Waals surface area contributed by atoms with Crippen molar-refractivity contribution in [2.45, 2.75) is 26.2 Å². The molecular weight excluding hydrogens is 398 g/mol. The van der Waals surface area contributed by atoms with E-state index in [1.165, 1.54) is 55.3 Å². The number of hydrogen-bond acceptors (Lipinski definition) is 0. The SMILES string of the molecule is Cc1cccc2cc3c(C)cc(-n4c(-c5ccccc5)ccc4C4C=CC=CC4)cc3cc12. The van der Waals surface area contributed by atoms with Crippen molar-refractivity contribution in [3.63, 3.8) is 0 Å². The number of nitrogens with zero attached hydrogens (tertiary/aromatic N) is 1. The van der Waals surface area contributed by atoms with Gasteiger partial charge in [-0.15, -0.1) is 0 Å². The van der Waals surface area contributed by atoms with E-state index in [-0.39, 0.29) is 0 Å². The van der Waals surface area contributed by atoms with Crippen molar-refractivity contribution in [1.82, 2.24) is 4.57 Å². The molecule has 4 aromatic carbocycles. The highest BCUT2D eigenvalue weighted by Crippen LogP contribution is 2.36. The molecule has 1 aliphatic rings. The van der Waals surface area contributed by atoms with Crippen molar-refractivity contribution in [3.05, 3.63) is 126 Å². The van der Waals surface area contributed by atoms with Gasteiger partial charge >= 0.3 is 0 Å². The smallest absolute Gasteiger partial charge is 0.0531 e. The summed E-state index contributed by atoms with van der Waals surface area (Å²) in [6, 6.07) is 31.3. The summed E-state index contributed by atoms with van der Waals surface area (Å²) in [6.45, 7) is 4.44. The molecule has 33 heavy (non-hydrogen) atoms. The number of hydrogen-bond donors (Lipinski definition) is 0. The Hall–Kier alpha value is -3.84. The summed E-state index contributed by atoms with van der Waals surface area (Å²) in [6.07, 6.45) is 9.95. The molecule has 6 rings (SSSR count). The lowest BCUT2D eigenvalue weighted by Gasteiger charge is -2.21. The van der Waals surface area contributed by atoms with Gasteiger partial charge in [-0.25, -0.2) is 0 Å². The zero-order chi connectivity index (χ0) is 22.4. The molecule has 0 spiro atoms. The van der Waals surface area contributed by atoms with Crippen molar-refractivity contribution < 1.29 is 0 Å². The first-order chi connectivity index (χ1) is 16.2. The predicted molar refractivity (Wildman–Crippen MR) is 141 cm³/mol. The van der Waals surface area contributed by atoms with Crippen LogP contribution in [0.15, 0.2) is 109 Å². The maximum Gasteiger partial charge on any atom is 0.0531 e. The van der Waals surface area contributed by atoms with Gasteiger partial charge < -0.3 is 4.57 Å². The minimum absolute atomic E-state index is 0.377. The van der Waals surface area contributed by atoms with Crippen molar-refractivity contribution in [2.75, 3.05) is 0 Å². The van der Waals surface area contributed by atoms with E-state index in [1.54, 1.807) is 0 Å². The quantitative estimate of drug-likeness (QED) is 0.255. The molecular formula is C32H27N. The Morgan fingerprint density at radius 2 is 1.52 bits per heavy atom. The average Bonchev–Trinajstić information content (AvgIpc) is 3.30. The summed E-state index contributed by atoms with van der Waals surface area (Å²) in [4.78, 5) is 0. The second-order valence-electron chi connectivity index (χ2n) is 9.13. The molecule has 0 N–H and O–H groups in total. The monoisotopic (exact) mass is 425 g/mol. The zero-order valence-corrected chi connectivity index (χ0v) is 19.1. The molecule has 1 aromatic heterocycles. The Labute approximate surface area is 195 Å². The fraction of sp³-hybridized carbons (Fsp3) is 0.125. The van der Waals surface area contributed by atoms with Gasteiger partial charge in [0.1, 0.15) is 0 Å². The first kappa shape index (κ1) is 19.8. The van der Waals surface area contributed by atoms with Gasteiger partial charge in [0.15, 0.2) is 0 Å². The molecule has 1 heteroatoms. The van der Waals surface area contributed by atoms with Crippen LogP contribution in [-0.2, 0) is 0 Å². The highest BCUT2D eigenvalue weighted by molar-refractivity contribution is 6.01. The lowest BCUT2D eigenvalue weighted by molar-refractivity contribution is 0.786. The number of aromatic nitrogens is 1. The maximum absolute atomic E-state index is 2.47. The third-order valence-corrected chi connectivity index (χ3v) is 6.96. The first-order valence-corrected chi connectivity index (χ1v) is 11.7. The molecule has 0 radical (unpaired) electrons. The van der Waals surface area contributed by atoms with Gasteiger partial charge in [-0.3, -0.25) is 0 Å². The Morgan fingerprint density at radius 1 is 0.697 bits per heavy atom. The molecule has 1 nitrogen and oxygen atoms in total. The molecule has 1 unspecified atom stereocenters. The molecule has 0 amide bonds. The van der Waals surface area contributed by atoms with Crippen LogP contribution in [0.1, 0.15) is 29.2 Å². The van der Waals surface area contributed by atoms with E-state index in [1.807, 2.05) is 0 Å². The van der Waals surface area contributed by atoms with Crippen LogP contribution >= 0.6 is 0 Å². The molecule has 0 saturated heterocycles. The van der Waals surface area contributed by atoms with E-state index in [0.717, 1.165) is 6.42 Å². The van der Waals surface area contributed by atoms with Crippen LogP contribution in [0.4, 0.5) is 0 Å². The Kier molecular flexibility index (Phi) is 4.77. The fourth-order valence-corrected chi connectivity index (χ4v) is 5.25. The highest BCUT2D eigenvalue weighted by atomic mass is 15.0. The largest absolute Gasteiger partial charge is 0.313 e. The van der Waals surface area contributed by atoms with Gasteiger partial charge in [-0.2, -0.15) is 0 Å². The van der Waals surface area contributed by atoms with Crippen LogP contribution in [0.3, 0.4) is 0 Å². The fourth-order valence-electron chi connectivity index (χ4n) is 5.25. The number of aryl methyl sites for hydroxylation is 2. The topological polar surface area (TPSA) is 4.93 Å². The Bertz CT molecular complexity index is 1550. The van der Waals surface area contributed by atoms with Crippen LogP contribution in [0.25, 0.3) is 38.5 Å². The van der Waals surface area contributed by atoms with Gasteiger partial charge in [-0.05, 0) is 94.9 Å². The molecule has 1 aliphatic carbocycles. The Balaban J connectivity index is 1.61. The van der Waals surface area contributed by atoms with Crippen molar-refractivity contribution in [2.24, 2.45) is 0 Å². The molecule has 0 bridgehead atoms. The standard InChI is InChI=1S/C32H27N/c1-22-10-9-15-26-20-30-23(2)18-28(19-27(30)21-29(22)26)33-31(24-11-5-3-6-12-24)16-17-32(33)25-13-7-4-8-14-25/h3-13,15-21,25H,14H2,1-2H3. The number of benzene rings is 4. The van der Waals surface area contributed by atoms with Gasteiger partial charge in [-0.1, -0.05) is 72.8 Å². The zero-order valence-electron chi connectivity index (χ0n) is 19.1. The Morgan fingerprint density at radius 3 is 2.33 bits per heavy atom. The minimum Gasteiger partial charge on any atom is -0.313 e. The summed E-state index contributed by atoms with van der Waals surface area (Å²) in [5.41, 5.74) is 7.68. The van der Waals surface area contributed by atoms with Gasteiger partial charge in [0, 0.05) is 17.3 Å². The first-order valence-electron chi connectivity index (χ1n) is 11.7. The van der Waals surface area contributed by atoms with Crippen LogP contribution in [0, 0.1) is 13.8 Å². The third kappa shape index (κ3) is 3.41. The molecule has 0 aliphatic heterocycles. The van der Waals surface area contributed by atoms with E-state index in [2.05, 4.69) is 128 Å². The maximum atomic E-state index is 2.47. The van der Waals surface area contributed by atoms with Crippen LogP contribution < -0.4 is 0 Å². The molecule has 160 valence electrons. The molecule has 1 heterocycles. The second kappa shape index (κ2) is 7.94. The highest BCUT2D eigenvalue weighted by Gasteiger charge is 2.19. The third-order valence-electron chi connectivity index (χ3n) is 6.96. The minimum atomic E-state index is 0.377. The van der Waals surface area contributed by atoms with Crippen molar-refractivity contribution in [3.8, 4) is 16.9 Å². The van der Waals surface area contributed by atoms with Crippen molar-refractivity contribution in [1.29, 1.82) is 0 Å². The summed E-state index contributed by atoms with van der Waals surface area (Å²) >= 11 is 0. The lowest BCUT2D eigenvalue weighted by atomic mass is 9.96. The number of allylic oxidation sites excluding steroid dienone is 4. The van der Waals surface area contributed by atoms with E-state index >= 15 is 0 Å². The van der Waals surface area contributed by atoms with E-state index < -0.39 is 0 Å². The van der Waals surface area contributed by atoms with Crippen LogP contribution in [0.5, 0.6) is 0 Å². The van der Waals surface area contributed by atoms with Crippen molar-refractivity contribution >= 4 is 21.5 Å². The summed E-state index contributed by atoms with van der Waals surface area (Å²) in [5.74, 6) is 0.377. The predicted octanol–water partition coefficient (Wildman–Crippen LogP) is 8.67. The normalized spacial score (nSPS) is 15.5. The van der Waals surface area contributed by atoms with E-state index in [9.17, 15) is 0 Å². The molecule has 0 saturated carbocycles. The van der Waals surface area contributed by atoms with E-state index in [0.29, 0.717) is 5.92 Å². The van der Waals surface area contributed by atoms with Gasteiger partial charge in [0.05, 0.1) is 5.69 Å². The molecule has 5 aromatic rings. The second-order valence-corrected chi connectivity index (χ2v) is 9.13. The molecule has 1 atom stereocenters. The number of fused-ring (bicyclic) bond motifs is 2. The summed E-state index contributed by atoms with van der Waals surface area (Å²) < 4.78 is 2.47. The van der Waals surface area contributed by atoms with Gasteiger partial charge in [0.2, 0.25) is 0 Å². The average molecular weight is 426 g/mol. The number of rotatable bonds is 3. The summed E-state index contributed by atoms with van der Waals surface area (Å²) in [7, 11) is 0. The lowest BCUT2D eigenvalue weighted by Crippen LogP contribution is -2.07. The van der Waals surface area contributed by atoms with Crippen LogP contribution in [0.2, 0.25) is 0 Å². The molecule has 0 fully saturated rings.